The molecule has 0 aliphatic carbocycles. The molecule has 0 amide bonds. The summed E-state index contributed by atoms with van der Waals surface area (Å²) in [5.74, 6) is 0.435. The van der Waals surface area contributed by atoms with Gasteiger partial charge in [-0.1, -0.05) is 35.3 Å². The summed E-state index contributed by atoms with van der Waals surface area (Å²) in [6, 6.07) is 5.58. The highest BCUT2D eigenvalue weighted by Gasteiger charge is 2.24. The quantitative estimate of drug-likeness (QED) is 0.884. The fourth-order valence-corrected chi connectivity index (χ4v) is 2.54. The second-order valence-corrected chi connectivity index (χ2v) is 4.90. The summed E-state index contributed by atoms with van der Waals surface area (Å²) < 4.78 is 5.33. The van der Waals surface area contributed by atoms with E-state index in [9.17, 15) is 0 Å². The number of halogens is 2. The lowest BCUT2D eigenvalue weighted by molar-refractivity contribution is 0.0584. The van der Waals surface area contributed by atoms with E-state index >= 15 is 0 Å². The number of rotatable bonds is 2. The van der Waals surface area contributed by atoms with Crippen LogP contribution in [-0.4, -0.2) is 13.2 Å². The molecule has 2 N–H and O–H groups in total. The molecule has 1 aliphatic rings. The monoisotopic (exact) mass is 259 g/mol. The Balaban J connectivity index is 2.19. The molecule has 0 spiro atoms. The molecule has 4 heteroatoms. The average molecular weight is 260 g/mol. The summed E-state index contributed by atoms with van der Waals surface area (Å²) >= 11 is 12.1. The van der Waals surface area contributed by atoms with Crippen LogP contribution in [0.25, 0.3) is 0 Å². The van der Waals surface area contributed by atoms with Gasteiger partial charge in [-0.05, 0) is 30.4 Å². The molecule has 0 bridgehead atoms. The van der Waals surface area contributed by atoms with Crippen LogP contribution in [0, 0.1) is 5.92 Å². The Morgan fingerprint density at radius 3 is 2.62 bits per heavy atom. The van der Waals surface area contributed by atoms with Crippen LogP contribution in [0.2, 0.25) is 10.0 Å². The molecule has 1 heterocycles. The van der Waals surface area contributed by atoms with Crippen molar-refractivity contribution in [3.63, 3.8) is 0 Å². The third-order valence-electron chi connectivity index (χ3n) is 3.11. The van der Waals surface area contributed by atoms with Gasteiger partial charge >= 0.3 is 0 Å². The molecule has 2 nitrogen and oxygen atoms in total. The average Bonchev–Trinajstić information content (AvgIpc) is 2.33. The lowest BCUT2D eigenvalue weighted by atomic mass is 9.88. The Kier molecular flexibility index (Phi) is 4.09. The molecule has 1 aliphatic heterocycles. The van der Waals surface area contributed by atoms with Crippen LogP contribution in [0.1, 0.15) is 24.4 Å². The molecule has 0 radical (unpaired) electrons. The second-order valence-electron chi connectivity index (χ2n) is 4.12. The van der Waals surface area contributed by atoms with Crippen LogP contribution in [0.5, 0.6) is 0 Å². The Morgan fingerprint density at radius 1 is 1.25 bits per heavy atom. The number of hydrogen-bond donors (Lipinski definition) is 1. The second kappa shape index (κ2) is 5.37. The predicted octanol–water partition coefficient (Wildman–Crippen LogP) is 3.42. The first-order chi connectivity index (χ1) is 7.70. The number of benzene rings is 1. The summed E-state index contributed by atoms with van der Waals surface area (Å²) in [6.45, 7) is 1.58. The molecule has 0 aromatic heterocycles. The largest absolute Gasteiger partial charge is 0.381 e. The van der Waals surface area contributed by atoms with E-state index in [-0.39, 0.29) is 6.04 Å². The summed E-state index contributed by atoms with van der Waals surface area (Å²) in [4.78, 5) is 0. The van der Waals surface area contributed by atoms with Crippen molar-refractivity contribution in [1.29, 1.82) is 0 Å². The van der Waals surface area contributed by atoms with Gasteiger partial charge in [0, 0.05) is 19.3 Å². The smallest absolute Gasteiger partial charge is 0.0640 e. The van der Waals surface area contributed by atoms with Gasteiger partial charge in [-0.15, -0.1) is 0 Å². The van der Waals surface area contributed by atoms with Crippen LogP contribution < -0.4 is 5.73 Å². The summed E-state index contributed by atoms with van der Waals surface area (Å²) in [5.41, 5.74) is 7.19. The molecule has 1 aromatic carbocycles. The minimum absolute atomic E-state index is 0.0462. The van der Waals surface area contributed by atoms with Crippen molar-refractivity contribution in [2.75, 3.05) is 13.2 Å². The molecule has 1 atom stereocenters. The third-order valence-corrected chi connectivity index (χ3v) is 3.95. The van der Waals surface area contributed by atoms with Crippen molar-refractivity contribution in [1.82, 2.24) is 0 Å². The van der Waals surface area contributed by atoms with Gasteiger partial charge in [-0.25, -0.2) is 0 Å². The van der Waals surface area contributed by atoms with Gasteiger partial charge in [0.25, 0.3) is 0 Å². The number of ether oxygens (including phenoxy) is 1. The predicted molar refractivity (Wildman–Crippen MR) is 66.9 cm³/mol. The zero-order valence-electron chi connectivity index (χ0n) is 8.96. The van der Waals surface area contributed by atoms with Gasteiger partial charge in [0.05, 0.1) is 10.0 Å². The Labute approximate surface area is 106 Å². The van der Waals surface area contributed by atoms with Crippen LogP contribution in [-0.2, 0) is 4.74 Å². The van der Waals surface area contributed by atoms with E-state index in [0.29, 0.717) is 16.0 Å². The van der Waals surface area contributed by atoms with Crippen molar-refractivity contribution in [2.45, 2.75) is 18.9 Å². The van der Waals surface area contributed by atoms with Crippen LogP contribution in [0.3, 0.4) is 0 Å². The maximum absolute atomic E-state index is 6.24. The van der Waals surface area contributed by atoms with Crippen LogP contribution in [0.4, 0.5) is 0 Å². The fraction of sp³-hybridized carbons (Fsp3) is 0.500. The van der Waals surface area contributed by atoms with Gasteiger partial charge in [-0.2, -0.15) is 0 Å². The third kappa shape index (κ3) is 2.51. The number of hydrogen-bond acceptors (Lipinski definition) is 2. The molecule has 0 unspecified atom stereocenters. The fourth-order valence-electron chi connectivity index (χ4n) is 2.11. The van der Waals surface area contributed by atoms with Crippen molar-refractivity contribution in [3.05, 3.63) is 33.8 Å². The van der Waals surface area contributed by atoms with Gasteiger partial charge < -0.3 is 10.5 Å². The summed E-state index contributed by atoms with van der Waals surface area (Å²) in [7, 11) is 0. The van der Waals surface area contributed by atoms with E-state index in [0.717, 1.165) is 31.6 Å². The molecule has 88 valence electrons. The van der Waals surface area contributed by atoms with E-state index in [4.69, 9.17) is 33.7 Å². The SMILES string of the molecule is N[C@H](c1cccc(Cl)c1Cl)C1CCOCC1. The van der Waals surface area contributed by atoms with E-state index in [1.165, 1.54) is 0 Å². The van der Waals surface area contributed by atoms with Crippen LogP contribution in [0.15, 0.2) is 18.2 Å². The maximum atomic E-state index is 6.24. The maximum Gasteiger partial charge on any atom is 0.0640 e. The van der Waals surface area contributed by atoms with E-state index in [1.54, 1.807) is 6.07 Å². The minimum Gasteiger partial charge on any atom is -0.381 e. The highest BCUT2D eigenvalue weighted by atomic mass is 35.5. The standard InChI is InChI=1S/C12H15Cl2NO/c13-10-3-1-2-9(11(10)14)12(15)8-4-6-16-7-5-8/h1-3,8,12H,4-7,15H2/t12-/m0/s1. The van der Waals surface area contributed by atoms with Gasteiger partial charge in [0.2, 0.25) is 0 Å². The lowest BCUT2D eigenvalue weighted by Crippen LogP contribution is -2.27. The molecular formula is C12H15Cl2NO. The molecule has 0 saturated carbocycles. The topological polar surface area (TPSA) is 35.2 Å². The lowest BCUT2D eigenvalue weighted by Gasteiger charge is -2.28. The summed E-state index contributed by atoms with van der Waals surface area (Å²) in [6.07, 6.45) is 1.98. The van der Waals surface area contributed by atoms with E-state index in [1.807, 2.05) is 12.1 Å². The van der Waals surface area contributed by atoms with Crippen molar-refractivity contribution < 1.29 is 4.74 Å². The Hall–Kier alpha value is -0.280. The van der Waals surface area contributed by atoms with Crippen LogP contribution >= 0.6 is 23.2 Å². The first kappa shape index (κ1) is 12.2. The van der Waals surface area contributed by atoms with Gasteiger partial charge in [0.1, 0.15) is 0 Å². The normalized spacial score (nSPS) is 19.7. The molecule has 1 fully saturated rings. The van der Waals surface area contributed by atoms with Crippen molar-refractivity contribution in [3.8, 4) is 0 Å². The Morgan fingerprint density at radius 2 is 1.94 bits per heavy atom. The molecular weight excluding hydrogens is 245 g/mol. The first-order valence-corrected chi connectivity index (χ1v) is 6.23. The summed E-state index contributed by atoms with van der Waals surface area (Å²) in [5, 5.41) is 1.16. The van der Waals surface area contributed by atoms with E-state index in [2.05, 4.69) is 0 Å². The van der Waals surface area contributed by atoms with Crippen molar-refractivity contribution in [2.24, 2.45) is 11.7 Å². The molecule has 16 heavy (non-hydrogen) atoms. The van der Waals surface area contributed by atoms with Gasteiger partial charge in [-0.3, -0.25) is 0 Å². The Bertz CT molecular complexity index is 364. The highest BCUT2D eigenvalue weighted by molar-refractivity contribution is 6.42. The number of nitrogens with two attached hydrogens (primary N) is 1. The zero-order chi connectivity index (χ0) is 11.5. The molecule has 1 aromatic rings. The molecule has 2 rings (SSSR count). The highest BCUT2D eigenvalue weighted by Crippen LogP contribution is 2.35. The minimum atomic E-state index is -0.0462. The molecule has 1 saturated heterocycles. The van der Waals surface area contributed by atoms with Crippen molar-refractivity contribution >= 4 is 23.2 Å². The first-order valence-electron chi connectivity index (χ1n) is 5.47. The van der Waals surface area contributed by atoms with E-state index < -0.39 is 0 Å². The van der Waals surface area contributed by atoms with Gasteiger partial charge in [0.15, 0.2) is 0 Å². The zero-order valence-corrected chi connectivity index (χ0v) is 10.5.